The van der Waals surface area contributed by atoms with Crippen molar-refractivity contribution in [3.05, 3.63) is 46.7 Å². The van der Waals surface area contributed by atoms with E-state index in [9.17, 15) is 13.2 Å². The van der Waals surface area contributed by atoms with Crippen molar-refractivity contribution in [2.75, 3.05) is 30.0 Å². The SMILES string of the molecule is Cc1nc(C)c(S(=O)(=O)C2(c3cc(N4CCOC[C@@H]4C)nc(-c4ccc(NC(=O)NC5CC5)cc4)n3)CC2)s1. The van der Waals surface area contributed by atoms with E-state index in [4.69, 9.17) is 14.7 Å². The molecule has 0 unspecified atom stereocenters. The van der Waals surface area contributed by atoms with Crippen molar-refractivity contribution >= 4 is 38.7 Å². The van der Waals surface area contributed by atoms with Crippen molar-refractivity contribution in [3.63, 3.8) is 0 Å². The standard InChI is InChI=1S/C27H32N6O4S2/c1-16-15-37-13-12-33(16)23-14-22(27(10-11-27)39(35,36)25-17(2)28-18(3)38-25)31-24(32-23)19-4-6-20(7-5-19)29-26(34)30-21-8-9-21/h4-7,14,16,21H,8-13,15H2,1-3H3,(H2,29,30,34)/t16-/m0/s1. The molecule has 3 heterocycles. The van der Waals surface area contributed by atoms with E-state index in [2.05, 4.69) is 27.4 Å². The van der Waals surface area contributed by atoms with Gasteiger partial charge in [0, 0.05) is 29.9 Å². The molecule has 1 atom stereocenters. The van der Waals surface area contributed by atoms with E-state index in [1.54, 1.807) is 6.92 Å². The number of hydrogen-bond donors (Lipinski definition) is 2. The number of urea groups is 1. The first-order chi connectivity index (χ1) is 18.7. The van der Waals surface area contributed by atoms with Crippen molar-refractivity contribution in [2.45, 2.75) is 67.5 Å². The van der Waals surface area contributed by atoms with Gasteiger partial charge >= 0.3 is 6.03 Å². The number of anilines is 2. The Hall–Kier alpha value is -3.09. The largest absolute Gasteiger partial charge is 0.377 e. The monoisotopic (exact) mass is 568 g/mol. The summed E-state index contributed by atoms with van der Waals surface area (Å²) in [7, 11) is -3.71. The second kappa shape index (κ2) is 9.83. The van der Waals surface area contributed by atoms with Crippen LogP contribution in [-0.4, -0.2) is 61.2 Å². The molecule has 6 rings (SSSR count). The lowest BCUT2D eigenvalue weighted by Gasteiger charge is -2.34. The van der Waals surface area contributed by atoms with Crippen LogP contribution in [0.1, 0.15) is 49.0 Å². The summed E-state index contributed by atoms with van der Waals surface area (Å²) in [4.78, 5) is 28.4. The molecule has 0 spiro atoms. The van der Waals surface area contributed by atoms with E-state index in [-0.39, 0.29) is 18.1 Å². The lowest BCUT2D eigenvalue weighted by Crippen LogP contribution is -2.44. The fourth-order valence-electron chi connectivity index (χ4n) is 5.01. The van der Waals surface area contributed by atoms with Gasteiger partial charge < -0.3 is 20.3 Å². The average molecular weight is 569 g/mol. The Morgan fingerprint density at radius 1 is 1.13 bits per heavy atom. The van der Waals surface area contributed by atoms with Gasteiger partial charge in [-0.05, 0) is 70.7 Å². The highest BCUT2D eigenvalue weighted by Crippen LogP contribution is 2.56. The predicted octanol–water partition coefficient (Wildman–Crippen LogP) is 4.19. The summed E-state index contributed by atoms with van der Waals surface area (Å²) in [5.41, 5.74) is 2.45. The lowest BCUT2D eigenvalue weighted by atomic mass is 10.1. The maximum absolute atomic E-state index is 14.0. The van der Waals surface area contributed by atoms with Crippen LogP contribution in [0.25, 0.3) is 11.4 Å². The van der Waals surface area contributed by atoms with Crippen LogP contribution in [0.5, 0.6) is 0 Å². The van der Waals surface area contributed by atoms with Gasteiger partial charge in [-0.3, -0.25) is 0 Å². The Balaban J connectivity index is 1.38. The number of carbonyl (C=O) groups excluding carboxylic acids is 1. The molecule has 10 nitrogen and oxygen atoms in total. The number of carbonyl (C=O) groups is 1. The van der Waals surface area contributed by atoms with Crippen molar-refractivity contribution in [2.24, 2.45) is 0 Å². The number of rotatable bonds is 7. The van der Waals surface area contributed by atoms with E-state index < -0.39 is 14.6 Å². The summed E-state index contributed by atoms with van der Waals surface area (Å²) in [6.45, 7) is 7.44. The van der Waals surface area contributed by atoms with Crippen molar-refractivity contribution in [1.82, 2.24) is 20.3 Å². The third kappa shape index (κ3) is 5.01. The van der Waals surface area contributed by atoms with Crippen molar-refractivity contribution in [1.29, 1.82) is 0 Å². The zero-order valence-electron chi connectivity index (χ0n) is 22.2. The summed E-state index contributed by atoms with van der Waals surface area (Å²) in [6.07, 6.45) is 3.03. The van der Waals surface area contributed by atoms with Crippen LogP contribution in [0.15, 0.2) is 34.5 Å². The minimum absolute atomic E-state index is 0.0871. The van der Waals surface area contributed by atoms with E-state index in [0.29, 0.717) is 65.5 Å². The molecule has 2 amide bonds. The Kier molecular flexibility index (Phi) is 6.59. The van der Waals surface area contributed by atoms with Crippen LogP contribution < -0.4 is 15.5 Å². The van der Waals surface area contributed by atoms with E-state index in [1.807, 2.05) is 37.3 Å². The highest BCUT2D eigenvalue weighted by atomic mass is 32.2. The van der Waals surface area contributed by atoms with Crippen LogP contribution in [0.3, 0.4) is 0 Å². The average Bonchev–Trinajstić information content (AvgIpc) is 3.83. The van der Waals surface area contributed by atoms with Crippen molar-refractivity contribution in [3.8, 4) is 11.4 Å². The second-order valence-corrected chi connectivity index (χ2v) is 14.3. The number of amides is 2. The van der Waals surface area contributed by atoms with Gasteiger partial charge in [0.2, 0.25) is 9.84 Å². The van der Waals surface area contributed by atoms with Gasteiger partial charge in [-0.15, -0.1) is 11.3 Å². The summed E-state index contributed by atoms with van der Waals surface area (Å²) >= 11 is 1.22. The lowest BCUT2D eigenvalue weighted by molar-refractivity contribution is 0.0985. The molecule has 2 N–H and O–H groups in total. The molecule has 2 saturated carbocycles. The molecule has 3 aliphatic rings. The number of morpholine rings is 1. The second-order valence-electron chi connectivity index (χ2n) is 10.6. The molecule has 1 aromatic carbocycles. The Morgan fingerprint density at radius 2 is 1.87 bits per heavy atom. The van der Waals surface area contributed by atoms with Crippen LogP contribution in [0.4, 0.5) is 16.3 Å². The van der Waals surface area contributed by atoms with Gasteiger partial charge in [0.15, 0.2) is 5.82 Å². The van der Waals surface area contributed by atoms with E-state index in [1.165, 1.54) is 11.3 Å². The van der Waals surface area contributed by atoms with Crippen LogP contribution in [0, 0.1) is 13.8 Å². The molecule has 3 fully saturated rings. The molecule has 2 aliphatic carbocycles. The van der Waals surface area contributed by atoms with E-state index in [0.717, 1.165) is 23.4 Å². The maximum atomic E-state index is 14.0. The highest BCUT2D eigenvalue weighted by Gasteiger charge is 2.59. The first-order valence-electron chi connectivity index (χ1n) is 13.3. The fourth-order valence-corrected chi connectivity index (χ4v) is 8.74. The Labute approximate surface area is 232 Å². The predicted molar refractivity (Wildman–Crippen MR) is 150 cm³/mol. The minimum Gasteiger partial charge on any atom is -0.377 e. The summed E-state index contributed by atoms with van der Waals surface area (Å²) in [5, 5.41) is 6.49. The number of benzene rings is 1. The van der Waals surface area contributed by atoms with Gasteiger partial charge in [-0.25, -0.2) is 28.2 Å². The topological polar surface area (TPSA) is 126 Å². The third-order valence-electron chi connectivity index (χ3n) is 7.48. The Morgan fingerprint density at radius 3 is 2.49 bits per heavy atom. The summed E-state index contributed by atoms with van der Waals surface area (Å²) < 4.78 is 32.9. The number of thiazole rings is 1. The normalized spacial score (nSPS) is 20.5. The minimum atomic E-state index is -3.71. The van der Waals surface area contributed by atoms with E-state index >= 15 is 0 Å². The molecule has 2 aromatic heterocycles. The van der Waals surface area contributed by atoms with Gasteiger partial charge in [0.1, 0.15) is 14.8 Å². The summed E-state index contributed by atoms with van der Waals surface area (Å²) in [6, 6.07) is 9.30. The zero-order valence-corrected chi connectivity index (χ0v) is 23.9. The van der Waals surface area contributed by atoms with Crippen LogP contribution >= 0.6 is 11.3 Å². The third-order valence-corrected chi connectivity index (χ3v) is 11.7. The molecular weight excluding hydrogens is 536 g/mol. The number of nitrogens with zero attached hydrogens (tertiary/aromatic N) is 4. The van der Waals surface area contributed by atoms with Gasteiger partial charge in [-0.1, -0.05) is 0 Å². The van der Waals surface area contributed by atoms with Crippen molar-refractivity contribution < 1.29 is 17.9 Å². The molecule has 1 saturated heterocycles. The summed E-state index contributed by atoms with van der Waals surface area (Å²) in [5.74, 6) is 1.14. The first kappa shape index (κ1) is 26.1. The van der Waals surface area contributed by atoms with Gasteiger partial charge in [0.25, 0.3) is 0 Å². The zero-order chi connectivity index (χ0) is 27.4. The molecule has 39 heavy (non-hydrogen) atoms. The molecule has 12 heteroatoms. The molecule has 0 radical (unpaired) electrons. The Bertz CT molecular complexity index is 1510. The molecule has 3 aromatic rings. The number of aryl methyl sites for hydroxylation is 2. The molecule has 0 bridgehead atoms. The first-order valence-corrected chi connectivity index (χ1v) is 15.6. The number of sulfone groups is 1. The number of hydrogen-bond acceptors (Lipinski definition) is 9. The maximum Gasteiger partial charge on any atom is 0.319 e. The van der Waals surface area contributed by atoms with Crippen LogP contribution in [-0.2, 0) is 19.3 Å². The highest BCUT2D eigenvalue weighted by molar-refractivity contribution is 7.94. The number of ether oxygens (including phenoxy) is 1. The molecule has 206 valence electrons. The quantitative estimate of drug-likeness (QED) is 0.435. The van der Waals surface area contributed by atoms with Gasteiger partial charge in [-0.2, -0.15) is 0 Å². The fraction of sp³-hybridized carbons (Fsp3) is 0.481. The number of nitrogens with one attached hydrogen (secondary N) is 2. The smallest absolute Gasteiger partial charge is 0.319 e. The van der Waals surface area contributed by atoms with Crippen LogP contribution in [0.2, 0.25) is 0 Å². The van der Waals surface area contributed by atoms with Gasteiger partial charge in [0.05, 0.1) is 35.7 Å². The molecular formula is C27H32N6O4S2. The molecule has 1 aliphatic heterocycles. The number of aromatic nitrogens is 3.